The van der Waals surface area contributed by atoms with Gasteiger partial charge in [-0.25, -0.2) is 9.97 Å². The molecule has 0 saturated carbocycles. The van der Waals surface area contributed by atoms with E-state index in [0.29, 0.717) is 31.3 Å². The quantitative estimate of drug-likeness (QED) is 0.769. The van der Waals surface area contributed by atoms with E-state index in [1.54, 1.807) is 6.07 Å². The fourth-order valence-electron chi connectivity index (χ4n) is 1.95. The van der Waals surface area contributed by atoms with Gasteiger partial charge in [-0.3, -0.25) is 4.79 Å². The molecule has 1 saturated heterocycles. The van der Waals surface area contributed by atoms with Crippen LogP contribution in [0.15, 0.2) is 12.4 Å². The van der Waals surface area contributed by atoms with Gasteiger partial charge in [0.1, 0.15) is 18.2 Å². The average molecular weight is 266 g/mol. The molecule has 0 radical (unpaired) electrons. The van der Waals surface area contributed by atoms with E-state index in [0.717, 1.165) is 6.42 Å². The van der Waals surface area contributed by atoms with Crippen LogP contribution in [0.1, 0.15) is 19.8 Å². The van der Waals surface area contributed by atoms with Gasteiger partial charge in [-0.2, -0.15) is 0 Å². The highest BCUT2D eigenvalue weighted by atomic mass is 16.5. The number of anilines is 1. The van der Waals surface area contributed by atoms with Crippen molar-refractivity contribution in [3.8, 4) is 5.88 Å². The zero-order valence-electron chi connectivity index (χ0n) is 10.8. The van der Waals surface area contributed by atoms with Crippen molar-refractivity contribution in [2.75, 3.05) is 18.5 Å². The van der Waals surface area contributed by atoms with E-state index in [1.807, 2.05) is 6.92 Å². The molecule has 7 nitrogen and oxygen atoms in total. The normalized spacial score (nSPS) is 22.2. The Balaban J connectivity index is 1.82. The standard InChI is InChI=1S/C12H18N4O3/c1-2-18-11-5-10(15-7-16-11)14-6-8-3-4-9(19-8)12(13)17/h5,7-9H,2-4,6H2,1H3,(H2,13,17)(H,14,15,16). The number of ether oxygens (including phenoxy) is 2. The van der Waals surface area contributed by atoms with Crippen LogP contribution in [0, 0.1) is 0 Å². The molecule has 1 aliphatic rings. The Morgan fingerprint density at radius 1 is 1.58 bits per heavy atom. The van der Waals surface area contributed by atoms with Gasteiger partial charge in [-0.1, -0.05) is 0 Å². The Hall–Kier alpha value is -1.89. The van der Waals surface area contributed by atoms with Gasteiger partial charge in [0.15, 0.2) is 0 Å². The molecule has 0 aliphatic carbocycles. The van der Waals surface area contributed by atoms with E-state index < -0.39 is 12.0 Å². The van der Waals surface area contributed by atoms with E-state index in [9.17, 15) is 4.79 Å². The number of carbonyl (C=O) groups is 1. The fourth-order valence-corrected chi connectivity index (χ4v) is 1.95. The second kappa shape index (κ2) is 6.33. The van der Waals surface area contributed by atoms with Crippen LogP contribution in [0.3, 0.4) is 0 Å². The van der Waals surface area contributed by atoms with Crippen LogP contribution < -0.4 is 15.8 Å². The number of carbonyl (C=O) groups excluding carboxylic acids is 1. The summed E-state index contributed by atoms with van der Waals surface area (Å²) in [5, 5.41) is 3.14. The lowest BCUT2D eigenvalue weighted by atomic mass is 10.2. The Morgan fingerprint density at radius 2 is 2.42 bits per heavy atom. The first-order valence-electron chi connectivity index (χ1n) is 6.32. The van der Waals surface area contributed by atoms with Crippen molar-refractivity contribution in [3.63, 3.8) is 0 Å². The maximum atomic E-state index is 11.0. The summed E-state index contributed by atoms with van der Waals surface area (Å²) in [5.74, 6) is 0.801. The zero-order valence-corrected chi connectivity index (χ0v) is 10.8. The third-order valence-electron chi connectivity index (χ3n) is 2.87. The molecule has 7 heteroatoms. The van der Waals surface area contributed by atoms with Crippen LogP contribution in [0.5, 0.6) is 5.88 Å². The van der Waals surface area contributed by atoms with Crippen LogP contribution in [-0.2, 0) is 9.53 Å². The molecule has 1 aliphatic heterocycles. The number of nitrogens with zero attached hydrogens (tertiary/aromatic N) is 2. The molecule has 1 aromatic rings. The molecular weight excluding hydrogens is 248 g/mol. The minimum absolute atomic E-state index is 0.0250. The molecule has 2 rings (SSSR count). The molecule has 19 heavy (non-hydrogen) atoms. The van der Waals surface area contributed by atoms with Gasteiger partial charge in [0.05, 0.1) is 12.7 Å². The van der Waals surface area contributed by atoms with Crippen LogP contribution in [-0.4, -0.2) is 41.2 Å². The monoisotopic (exact) mass is 266 g/mol. The summed E-state index contributed by atoms with van der Waals surface area (Å²) in [7, 11) is 0. The van der Waals surface area contributed by atoms with E-state index in [4.69, 9.17) is 15.2 Å². The van der Waals surface area contributed by atoms with Crippen molar-refractivity contribution >= 4 is 11.7 Å². The first-order chi connectivity index (χ1) is 9.19. The number of primary amides is 1. The third kappa shape index (κ3) is 3.78. The Morgan fingerprint density at radius 3 is 3.11 bits per heavy atom. The highest BCUT2D eigenvalue weighted by Crippen LogP contribution is 2.20. The van der Waals surface area contributed by atoms with E-state index >= 15 is 0 Å². The Labute approximate surface area is 111 Å². The van der Waals surface area contributed by atoms with Gasteiger partial charge in [-0.15, -0.1) is 0 Å². The number of nitrogens with two attached hydrogens (primary N) is 1. The van der Waals surface area contributed by atoms with Crippen molar-refractivity contribution in [1.82, 2.24) is 9.97 Å². The fraction of sp³-hybridized carbons (Fsp3) is 0.583. The number of amides is 1. The minimum Gasteiger partial charge on any atom is -0.478 e. The van der Waals surface area contributed by atoms with Crippen LogP contribution in [0.2, 0.25) is 0 Å². The molecule has 0 bridgehead atoms. The molecule has 2 unspecified atom stereocenters. The second-order valence-corrected chi connectivity index (χ2v) is 4.28. The van der Waals surface area contributed by atoms with E-state index in [1.165, 1.54) is 6.33 Å². The molecule has 1 amide bonds. The van der Waals surface area contributed by atoms with Crippen molar-refractivity contribution in [3.05, 3.63) is 12.4 Å². The summed E-state index contributed by atoms with van der Waals surface area (Å²) < 4.78 is 10.8. The van der Waals surface area contributed by atoms with Gasteiger partial charge >= 0.3 is 0 Å². The van der Waals surface area contributed by atoms with E-state index in [-0.39, 0.29) is 6.10 Å². The molecule has 0 aromatic carbocycles. The van der Waals surface area contributed by atoms with Gasteiger partial charge < -0.3 is 20.5 Å². The first kappa shape index (κ1) is 13.5. The number of hydrogen-bond donors (Lipinski definition) is 2. The first-order valence-corrected chi connectivity index (χ1v) is 6.32. The predicted octanol–water partition coefficient (Wildman–Crippen LogP) is 0.320. The largest absolute Gasteiger partial charge is 0.478 e. The van der Waals surface area contributed by atoms with Crippen molar-refractivity contribution < 1.29 is 14.3 Å². The summed E-state index contributed by atoms with van der Waals surface area (Å²) in [4.78, 5) is 19.0. The van der Waals surface area contributed by atoms with Crippen LogP contribution >= 0.6 is 0 Å². The molecule has 104 valence electrons. The second-order valence-electron chi connectivity index (χ2n) is 4.28. The van der Waals surface area contributed by atoms with Crippen molar-refractivity contribution in [1.29, 1.82) is 0 Å². The van der Waals surface area contributed by atoms with Gasteiger partial charge in [0.25, 0.3) is 0 Å². The van der Waals surface area contributed by atoms with Gasteiger partial charge in [0, 0.05) is 12.6 Å². The molecule has 2 atom stereocenters. The number of hydrogen-bond acceptors (Lipinski definition) is 6. The Kier molecular flexibility index (Phi) is 4.51. The number of rotatable bonds is 6. The number of aromatic nitrogens is 2. The molecule has 1 aromatic heterocycles. The molecule has 0 spiro atoms. The summed E-state index contributed by atoms with van der Waals surface area (Å²) in [6, 6.07) is 1.73. The SMILES string of the molecule is CCOc1cc(NCC2CCC(C(N)=O)O2)ncn1. The summed E-state index contributed by atoms with van der Waals surface area (Å²) in [5.41, 5.74) is 5.20. The molecule has 1 fully saturated rings. The lowest BCUT2D eigenvalue weighted by Gasteiger charge is -2.13. The average Bonchev–Trinajstić information content (AvgIpc) is 2.86. The Bertz CT molecular complexity index is 441. The molecule has 3 N–H and O–H groups in total. The van der Waals surface area contributed by atoms with Crippen LogP contribution in [0.25, 0.3) is 0 Å². The summed E-state index contributed by atoms with van der Waals surface area (Å²) in [6.07, 6.45) is 2.44. The summed E-state index contributed by atoms with van der Waals surface area (Å²) >= 11 is 0. The smallest absolute Gasteiger partial charge is 0.246 e. The van der Waals surface area contributed by atoms with Gasteiger partial charge in [-0.05, 0) is 19.8 Å². The third-order valence-corrected chi connectivity index (χ3v) is 2.87. The van der Waals surface area contributed by atoms with Crippen molar-refractivity contribution in [2.24, 2.45) is 5.73 Å². The maximum absolute atomic E-state index is 11.0. The minimum atomic E-state index is -0.462. The van der Waals surface area contributed by atoms with E-state index in [2.05, 4.69) is 15.3 Å². The lowest BCUT2D eigenvalue weighted by molar-refractivity contribution is -0.128. The highest BCUT2D eigenvalue weighted by Gasteiger charge is 2.28. The molecular formula is C12H18N4O3. The zero-order chi connectivity index (χ0) is 13.7. The predicted molar refractivity (Wildman–Crippen MR) is 68.8 cm³/mol. The van der Waals surface area contributed by atoms with Crippen molar-refractivity contribution in [2.45, 2.75) is 32.0 Å². The highest BCUT2D eigenvalue weighted by molar-refractivity contribution is 5.79. The summed E-state index contributed by atoms with van der Waals surface area (Å²) in [6.45, 7) is 3.03. The molecule has 2 heterocycles. The maximum Gasteiger partial charge on any atom is 0.246 e. The topological polar surface area (TPSA) is 99.4 Å². The number of nitrogens with one attached hydrogen (secondary N) is 1. The lowest BCUT2D eigenvalue weighted by Crippen LogP contribution is -2.30. The van der Waals surface area contributed by atoms with Gasteiger partial charge in [0.2, 0.25) is 11.8 Å². The van der Waals surface area contributed by atoms with Crippen LogP contribution in [0.4, 0.5) is 5.82 Å².